The van der Waals surface area contributed by atoms with Gasteiger partial charge in [-0.1, -0.05) is 24.3 Å². The number of carboxylic acid groups (broad SMARTS) is 1. The van der Waals surface area contributed by atoms with Gasteiger partial charge in [-0.3, -0.25) is 9.69 Å². The molecule has 2 aromatic carbocycles. The lowest BCUT2D eigenvalue weighted by Crippen LogP contribution is -2.47. The summed E-state index contributed by atoms with van der Waals surface area (Å²) in [6, 6.07) is 16.4. The molecular weight excluding hydrogens is 456 g/mol. The third kappa shape index (κ3) is 4.11. The fraction of sp³-hybridized carbons (Fsp3) is 0.250. The minimum absolute atomic E-state index is 0.288. The van der Waals surface area contributed by atoms with Crippen LogP contribution in [0, 0.1) is 0 Å². The van der Waals surface area contributed by atoms with Crippen molar-refractivity contribution >= 4 is 37.9 Å². The van der Waals surface area contributed by atoms with E-state index in [2.05, 4.69) is 9.88 Å². The summed E-state index contributed by atoms with van der Waals surface area (Å²) in [6.07, 6.45) is 0.0595. The molecule has 0 unspecified atom stereocenters. The molecule has 4 aromatic rings. The van der Waals surface area contributed by atoms with Gasteiger partial charge in [0.05, 0.1) is 23.0 Å². The second kappa shape index (κ2) is 8.39. The maximum atomic E-state index is 12.8. The molecule has 1 aliphatic rings. The van der Waals surface area contributed by atoms with Crippen molar-refractivity contribution in [3.05, 3.63) is 70.5 Å². The third-order valence-electron chi connectivity index (χ3n) is 6.29. The predicted molar refractivity (Wildman–Crippen MR) is 131 cm³/mol. The molecule has 10 heteroatoms. The highest BCUT2D eigenvalue weighted by Gasteiger charge is 2.24. The summed E-state index contributed by atoms with van der Waals surface area (Å²) >= 11 is 0. The summed E-state index contributed by atoms with van der Waals surface area (Å²) in [5.74, 6) is 0. The number of piperazine rings is 1. The first-order valence-electron chi connectivity index (χ1n) is 10.9. The van der Waals surface area contributed by atoms with Crippen LogP contribution in [0.3, 0.4) is 0 Å². The quantitative estimate of drug-likeness (QED) is 0.464. The SMILES string of the molecule is CS(=O)(=O)N1CCN(Cc2ccc3c(c2)cc(-c2cc4ccccc4[nH]c2=O)n3C(=O)O)CC1. The van der Waals surface area contributed by atoms with Gasteiger partial charge in [-0.25, -0.2) is 17.8 Å². The molecule has 0 radical (unpaired) electrons. The number of fused-ring (bicyclic) bond motifs is 2. The van der Waals surface area contributed by atoms with Crippen LogP contribution in [0.15, 0.2) is 59.4 Å². The van der Waals surface area contributed by atoms with Crippen LogP contribution in [0.5, 0.6) is 0 Å². The van der Waals surface area contributed by atoms with Gasteiger partial charge < -0.3 is 10.1 Å². The molecule has 1 saturated heterocycles. The highest BCUT2D eigenvalue weighted by molar-refractivity contribution is 7.88. The molecule has 0 saturated carbocycles. The van der Waals surface area contributed by atoms with Gasteiger partial charge in [0.15, 0.2) is 0 Å². The molecule has 9 nitrogen and oxygen atoms in total. The first kappa shape index (κ1) is 22.3. The maximum Gasteiger partial charge on any atom is 0.416 e. The zero-order valence-corrected chi connectivity index (χ0v) is 19.4. The molecule has 0 amide bonds. The standard InChI is InChI=1S/C24H24N4O5S/c1-34(32,33)27-10-8-26(9-11-27)15-16-6-7-21-18(12-16)14-22(28(21)24(30)31)19-13-17-4-2-3-5-20(17)25-23(19)29/h2-7,12-14H,8-11,15H2,1H3,(H,25,29)(H,30,31). The molecule has 0 aliphatic carbocycles. The molecule has 1 fully saturated rings. The Kier molecular flexibility index (Phi) is 5.51. The van der Waals surface area contributed by atoms with E-state index < -0.39 is 16.1 Å². The molecule has 2 aromatic heterocycles. The Bertz CT molecular complexity index is 1580. The van der Waals surface area contributed by atoms with Crippen LogP contribution >= 0.6 is 0 Å². The monoisotopic (exact) mass is 480 g/mol. The van der Waals surface area contributed by atoms with Crippen molar-refractivity contribution in [3.8, 4) is 11.3 Å². The highest BCUT2D eigenvalue weighted by Crippen LogP contribution is 2.29. The van der Waals surface area contributed by atoms with E-state index in [0.29, 0.717) is 49.5 Å². The number of rotatable bonds is 4. The van der Waals surface area contributed by atoms with Gasteiger partial charge in [0, 0.05) is 43.6 Å². The summed E-state index contributed by atoms with van der Waals surface area (Å²) in [4.78, 5) is 29.9. The molecule has 1 aliphatic heterocycles. The number of aromatic nitrogens is 2. The van der Waals surface area contributed by atoms with Gasteiger partial charge >= 0.3 is 6.09 Å². The molecular formula is C24H24N4O5S. The lowest BCUT2D eigenvalue weighted by Gasteiger charge is -2.33. The lowest BCUT2D eigenvalue weighted by molar-refractivity contribution is 0.182. The normalized spacial score (nSPS) is 15.8. The van der Waals surface area contributed by atoms with Crippen LogP contribution in [-0.4, -0.2) is 70.8 Å². The fourth-order valence-electron chi connectivity index (χ4n) is 4.58. The number of hydrogen-bond donors (Lipinski definition) is 2. The Hall–Kier alpha value is -3.47. The van der Waals surface area contributed by atoms with Crippen LogP contribution in [0.1, 0.15) is 5.56 Å². The molecule has 3 heterocycles. The van der Waals surface area contributed by atoms with Crippen LogP contribution in [0.25, 0.3) is 33.1 Å². The number of benzene rings is 2. The van der Waals surface area contributed by atoms with E-state index in [0.717, 1.165) is 20.9 Å². The number of carbonyl (C=O) groups is 1. The van der Waals surface area contributed by atoms with Gasteiger partial charge in [-0.05, 0) is 41.3 Å². The molecule has 34 heavy (non-hydrogen) atoms. The van der Waals surface area contributed by atoms with Gasteiger partial charge in [0.2, 0.25) is 10.0 Å². The van der Waals surface area contributed by atoms with Crippen molar-refractivity contribution in [2.24, 2.45) is 0 Å². The van der Waals surface area contributed by atoms with Crippen molar-refractivity contribution < 1.29 is 18.3 Å². The van der Waals surface area contributed by atoms with Crippen molar-refractivity contribution in [3.63, 3.8) is 0 Å². The van der Waals surface area contributed by atoms with Crippen molar-refractivity contribution in [1.29, 1.82) is 0 Å². The van der Waals surface area contributed by atoms with E-state index in [1.807, 2.05) is 30.3 Å². The number of sulfonamides is 1. The van der Waals surface area contributed by atoms with E-state index >= 15 is 0 Å². The van der Waals surface area contributed by atoms with Crippen molar-refractivity contribution in [2.75, 3.05) is 32.4 Å². The summed E-state index contributed by atoms with van der Waals surface area (Å²) in [6.45, 7) is 2.77. The van der Waals surface area contributed by atoms with Gasteiger partial charge in [-0.15, -0.1) is 0 Å². The number of hydrogen-bond acceptors (Lipinski definition) is 5. The summed E-state index contributed by atoms with van der Waals surface area (Å²) in [7, 11) is -3.18. The smallest absolute Gasteiger partial charge is 0.416 e. The minimum atomic E-state index is -3.18. The topological polar surface area (TPSA) is 116 Å². The van der Waals surface area contributed by atoms with Crippen LogP contribution < -0.4 is 5.56 Å². The molecule has 176 valence electrons. The van der Waals surface area contributed by atoms with E-state index in [4.69, 9.17) is 0 Å². The molecule has 0 bridgehead atoms. The van der Waals surface area contributed by atoms with E-state index in [1.165, 1.54) is 10.6 Å². The molecule has 5 rings (SSSR count). The number of pyridine rings is 1. The Morgan fingerprint density at radius 1 is 1.00 bits per heavy atom. The summed E-state index contributed by atoms with van der Waals surface area (Å²) in [5.41, 5.74) is 2.42. The molecule has 2 N–H and O–H groups in total. The van der Waals surface area contributed by atoms with Gasteiger partial charge in [-0.2, -0.15) is 4.31 Å². The Labute approximate surface area is 195 Å². The van der Waals surface area contributed by atoms with Gasteiger partial charge in [0.1, 0.15) is 0 Å². The number of aromatic amines is 1. The number of para-hydroxylation sites is 1. The first-order valence-corrected chi connectivity index (χ1v) is 12.7. The average molecular weight is 481 g/mol. The van der Waals surface area contributed by atoms with Crippen molar-refractivity contribution in [1.82, 2.24) is 18.8 Å². The minimum Gasteiger partial charge on any atom is -0.464 e. The number of nitrogens with one attached hydrogen (secondary N) is 1. The molecule has 0 atom stereocenters. The Morgan fingerprint density at radius 2 is 1.74 bits per heavy atom. The summed E-state index contributed by atoms with van der Waals surface area (Å²) < 4.78 is 26.1. The average Bonchev–Trinajstić information content (AvgIpc) is 3.17. The van der Waals surface area contributed by atoms with E-state index in [1.54, 1.807) is 24.3 Å². The van der Waals surface area contributed by atoms with Crippen LogP contribution in [-0.2, 0) is 16.6 Å². The lowest BCUT2D eigenvalue weighted by atomic mass is 10.1. The van der Waals surface area contributed by atoms with E-state index in [9.17, 15) is 23.1 Å². The molecule has 0 spiro atoms. The Balaban J connectivity index is 1.50. The number of nitrogens with zero attached hydrogens (tertiary/aromatic N) is 3. The van der Waals surface area contributed by atoms with Crippen LogP contribution in [0.4, 0.5) is 4.79 Å². The van der Waals surface area contributed by atoms with E-state index in [-0.39, 0.29) is 11.1 Å². The Morgan fingerprint density at radius 3 is 2.44 bits per heavy atom. The van der Waals surface area contributed by atoms with Crippen molar-refractivity contribution in [2.45, 2.75) is 6.54 Å². The van der Waals surface area contributed by atoms with Crippen LogP contribution in [0.2, 0.25) is 0 Å². The second-order valence-corrected chi connectivity index (χ2v) is 10.6. The highest BCUT2D eigenvalue weighted by atomic mass is 32.2. The largest absolute Gasteiger partial charge is 0.464 e. The fourth-order valence-corrected chi connectivity index (χ4v) is 5.41. The number of H-pyrrole nitrogens is 1. The maximum absolute atomic E-state index is 12.8. The first-order chi connectivity index (χ1) is 16.2. The predicted octanol–water partition coefficient (Wildman–Crippen LogP) is 2.75. The zero-order chi connectivity index (χ0) is 24.0. The third-order valence-corrected chi connectivity index (χ3v) is 7.60. The summed E-state index contributed by atoms with van der Waals surface area (Å²) in [5, 5.41) is 11.5. The van der Waals surface area contributed by atoms with Gasteiger partial charge in [0.25, 0.3) is 5.56 Å². The zero-order valence-electron chi connectivity index (χ0n) is 18.6. The second-order valence-electron chi connectivity index (χ2n) is 8.58.